The second-order valence-corrected chi connectivity index (χ2v) is 6.45. The lowest BCUT2D eigenvalue weighted by atomic mass is 10.1. The van der Waals surface area contributed by atoms with Crippen molar-refractivity contribution in [2.24, 2.45) is 5.10 Å². The van der Waals surface area contributed by atoms with Gasteiger partial charge in [-0.05, 0) is 29.6 Å². The Morgan fingerprint density at radius 1 is 1.21 bits per heavy atom. The van der Waals surface area contributed by atoms with Gasteiger partial charge >= 0.3 is 6.18 Å². The first-order valence-electron chi connectivity index (χ1n) is 6.54. The third-order valence-corrected chi connectivity index (χ3v) is 4.23. The molecule has 1 heterocycles. The molecule has 24 heavy (non-hydrogen) atoms. The molecule has 126 valence electrons. The molecule has 0 unspecified atom stereocenters. The molecule has 1 aromatic carbocycles. The summed E-state index contributed by atoms with van der Waals surface area (Å²) in [6.45, 7) is 0. The topological polar surface area (TPSA) is 58.5 Å². The standard InChI is InChI=1S/C15H10BrF3N2O2S/c16-10-4-1-3-9(7-10)14(23)21-20-13(15(17,18)19)8-11(22)12-5-2-6-24-12/h1-7H,8H2,(H,21,23)/b20-13-. The summed E-state index contributed by atoms with van der Waals surface area (Å²) in [7, 11) is 0. The summed E-state index contributed by atoms with van der Waals surface area (Å²) < 4.78 is 39.6. The second kappa shape index (κ2) is 7.71. The highest BCUT2D eigenvalue weighted by Crippen LogP contribution is 2.22. The van der Waals surface area contributed by atoms with E-state index in [0.717, 1.165) is 11.3 Å². The molecule has 9 heteroatoms. The number of ketones is 1. The Bertz CT molecular complexity index is 773. The zero-order chi connectivity index (χ0) is 17.7. The van der Waals surface area contributed by atoms with Crippen LogP contribution < -0.4 is 5.43 Å². The summed E-state index contributed by atoms with van der Waals surface area (Å²) in [5.41, 5.74) is 0.624. The third kappa shape index (κ3) is 5.00. The monoisotopic (exact) mass is 418 g/mol. The van der Waals surface area contributed by atoms with Gasteiger partial charge in [-0.15, -0.1) is 11.3 Å². The van der Waals surface area contributed by atoms with Gasteiger partial charge in [-0.3, -0.25) is 9.59 Å². The summed E-state index contributed by atoms with van der Waals surface area (Å²) in [6.07, 6.45) is -5.76. The van der Waals surface area contributed by atoms with Crippen LogP contribution in [-0.4, -0.2) is 23.6 Å². The Balaban J connectivity index is 2.14. The van der Waals surface area contributed by atoms with Gasteiger partial charge in [0.25, 0.3) is 5.91 Å². The molecule has 0 bridgehead atoms. The second-order valence-electron chi connectivity index (χ2n) is 4.58. The van der Waals surface area contributed by atoms with Crippen LogP contribution in [0, 0.1) is 0 Å². The molecule has 0 atom stereocenters. The van der Waals surface area contributed by atoms with Crippen molar-refractivity contribution in [3.05, 3.63) is 56.7 Å². The Morgan fingerprint density at radius 3 is 2.54 bits per heavy atom. The molecule has 1 N–H and O–H groups in total. The summed E-state index contributed by atoms with van der Waals surface area (Å²) in [6, 6.07) is 9.10. The van der Waals surface area contributed by atoms with Crippen molar-refractivity contribution in [2.45, 2.75) is 12.6 Å². The van der Waals surface area contributed by atoms with E-state index < -0.39 is 30.0 Å². The zero-order valence-corrected chi connectivity index (χ0v) is 14.3. The number of alkyl halides is 3. The van der Waals surface area contributed by atoms with Crippen molar-refractivity contribution >= 4 is 44.7 Å². The van der Waals surface area contributed by atoms with Crippen LogP contribution >= 0.6 is 27.3 Å². The van der Waals surface area contributed by atoms with Crippen molar-refractivity contribution in [1.82, 2.24) is 5.43 Å². The van der Waals surface area contributed by atoms with E-state index >= 15 is 0 Å². The molecular formula is C15H10BrF3N2O2S. The number of rotatable bonds is 5. The zero-order valence-electron chi connectivity index (χ0n) is 11.9. The Kier molecular flexibility index (Phi) is 5.89. The molecule has 0 saturated heterocycles. The summed E-state index contributed by atoms with van der Waals surface area (Å²) in [5, 5.41) is 4.70. The Hall–Kier alpha value is -2.00. The average Bonchev–Trinajstić information content (AvgIpc) is 3.04. The van der Waals surface area contributed by atoms with Gasteiger partial charge in [-0.2, -0.15) is 18.3 Å². The van der Waals surface area contributed by atoms with Gasteiger partial charge in [0.1, 0.15) is 5.71 Å². The fourth-order valence-corrected chi connectivity index (χ4v) is 2.76. The number of Topliss-reactive ketones (excluding diaryl/α,β-unsaturated/α-hetero) is 1. The molecule has 1 amide bonds. The maximum absolute atomic E-state index is 13.0. The lowest BCUT2D eigenvalue weighted by molar-refractivity contribution is -0.0605. The molecule has 0 aliphatic heterocycles. The van der Waals surface area contributed by atoms with E-state index in [2.05, 4.69) is 21.0 Å². The number of halogens is 4. The van der Waals surface area contributed by atoms with Gasteiger partial charge in [0.05, 0.1) is 11.3 Å². The molecule has 0 spiro atoms. The quantitative estimate of drug-likeness (QED) is 0.443. The van der Waals surface area contributed by atoms with E-state index in [1.165, 1.54) is 18.2 Å². The first-order valence-corrected chi connectivity index (χ1v) is 8.21. The van der Waals surface area contributed by atoms with Gasteiger partial charge in [-0.1, -0.05) is 28.1 Å². The van der Waals surface area contributed by atoms with Crippen molar-refractivity contribution in [3.8, 4) is 0 Å². The van der Waals surface area contributed by atoms with Crippen LogP contribution in [0.2, 0.25) is 0 Å². The Labute approximate surface area is 147 Å². The number of hydrazone groups is 1. The van der Waals surface area contributed by atoms with E-state index in [1.54, 1.807) is 23.6 Å². The van der Waals surface area contributed by atoms with Crippen LogP contribution in [0.15, 0.2) is 51.4 Å². The van der Waals surface area contributed by atoms with Gasteiger partial charge in [0.15, 0.2) is 5.78 Å². The highest BCUT2D eigenvalue weighted by molar-refractivity contribution is 9.10. The highest BCUT2D eigenvalue weighted by atomic mass is 79.9. The highest BCUT2D eigenvalue weighted by Gasteiger charge is 2.37. The number of carbonyl (C=O) groups is 2. The number of carbonyl (C=O) groups excluding carboxylic acids is 2. The van der Waals surface area contributed by atoms with Crippen LogP contribution in [0.25, 0.3) is 0 Å². The fraction of sp³-hybridized carbons (Fsp3) is 0.133. The smallest absolute Gasteiger partial charge is 0.293 e. The Morgan fingerprint density at radius 2 is 1.96 bits per heavy atom. The number of amides is 1. The lowest BCUT2D eigenvalue weighted by Gasteiger charge is -2.10. The van der Waals surface area contributed by atoms with E-state index in [-0.39, 0.29) is 10.4 Å². The first-order chi connectivity index (χ1) is 11.3. The van der Waals surface area contributed by atoms with Crippen LogP contribution in [0.3, 0.4) is 0 Å². The first kappa shape index (κ1) is 18.3. The predicted molar refractivity (Wildman–Crippen MR) is 88.4 cm³/mol. The molecule has 0 radical (unpaired) electrons. The summed E-state index contributed by atoms with van der Waals surface area (Å²) in [4.78, 5) is 23.9. The normalized spacial score (nSPS) is 12.1. The summed E-state index contributed by atoms with van der Waals surface area (Å²) >= 11 is 4.20. The molecule has 4 nitrogen and oxygen atoms in total. The van der Waals surface area contributed by atoms with E-state index in [4.69, 9.17) is 0 Å². The van der Waals surface area contributed by atoms with Crippen LogP contribution in [-0.2, 0) is 0 Å². The minimum absolute atomic E-state index is 0.138. The molecule has 1 aromatic heterocycles. The third-order valence-electron chi connectivity index (χ3n) is 2.83. The maximum Gasteiger partial charge on any atom is 0.431 e. The lowest BCUT2D eigenvalue weighted by Crippen LogP contribution is -2.30. The molecule has 0 saturated carbocycles. The molecule has 0 aliphatic rings. The minimum atomic E-state index is -4.82. The van der Waals surface area contributed by atoms with E-state index in [0.29, 0.717) is 4.47 Å². The molecule has 0 aliphatic carbocycles. The van der Waals surface area contributed by atoms with E-state index in [1.807, 2.05) is 5.43 Å². The van der Waals surface area contributed by atoms with Crippen molar-refractivity contribution in [1.29, 1.82) is 0 Å². The van der Waals surface area contributed by atoms with E-state index in [9.17, 15) is 22.8 Å². The number of thiophene rings is 1. The average molecular weight is 419 g/mol. The van der Waals surface area contributed by atoms with Crippen LogP contribution in [0.4, 0.5) is 13.2 Å². The van der Waals surface area contributed by atoms with Crippen LogP contribution in [0.1, 0.15) is 26.5 Å². The van der Waals surface area contributed by atoms with Gasteiger partial charge in [0, 0.05) is 10.0 Å². The number of benzene rings is 1. The largest absolute Gasteiger partial charge is 0.431 e. The SMILES string of the molecule is O=C(N/N=C(/CC(=O)c1cccs1)C(F)(F)F)c1cccc(Br)c1. The van der Waals surface area contributed by atoms with Gasteiger partial charge in [0.2, 0.25) is 0 Å². The van der Waals surface area contributed by atoms with Gasteiger partial charge < -0.3 is 0 Å². The number of nitrogens with one attached hydrogen (secondary N) is 1. The fourth-order valence-electron chi connectivity index (χ4n) is 1.69. The van der Waals surface area contributed by atoms with Gasteiger partial charge in [-0.25, -0.2) is 5.43 Å². The predicted octanol–water partition coefficient (Wildman–Crippen LogP) is 4.43. The molecular weight excluding hydrogens is 409 g/mol. The van der Waals surface area contributed by atoms with Crippen molar-refractivity contribution in [2.75, 3.05) is 0 Å². The molecule has 2 rings (SSSR count). The maximum atomic E-state index is 13.0. The minimum Gasteiger partial charge on any atom is -0.293 e. The molecule has 0 fully saturated rings. The number of hydrogen-bond donors (Lipinski definition) is 1. The number of nitrogens with zero attached hydrogens (tertiary/aromatic N) is 1. The van der Waals surface area contributed by atoms with Crippen molar-refractivity contribution in [3.63, 3.8) is 0 Å². The molecule has 2 aromatic rings. The van der Waals surface area contributed by atoms with Crippen LogP contribution in [0.5, 0.6) is 0 Å². The summed E-state index contributed by atoms with van der Waals surface area (Å²) in [5.74, 6) is -1.51. The number of hydrogen-bond acceptors (Lipinski definition) is 4. The van der Waals surface area contributed by atoms with Crippen molar-refractivity contribution < 1.29 is 22.8 Å².